The number of hydrogen-bond donors (Lipinski definition) is 0. The van der Waals surface area contributed by atoms with Gasteiger partial charge in [0.2, 0.25) is 0 Å². The van der Waals surface area contributed by atoms with Crippen LogP contribution in [-0.4, -0.2) is 0 Å². The lowest BCUT2D eigenvalue weighted by Crippen LogP contribution is -2.26. The van der Waals surface area contributed by atoms with Crippen LogP contribution in [0.2, 0.25) is 0 Å². The highest BCUT2D eigenvalue weighted by Gasteiger charge is 2.53. The molecule has 11 rings (SSSR count). The fourth-order valence-electron chi connectivity index (χ4n) is 8.80. The zero-order valence-electron chi connectivity index (χ0n) is 26.6. The van der Waals surface area contributed by atoms with Crippen molar-refractivity contribution in [2.45, 2.75) is 5.41 Å². The Labute approximate surface area is 289 Å². The molecule has 1 aromatic heterocycles. The molecule has 0 bridgehead atoms. The molecule has 0 radical (unpaired) electrons. The fraction of sp³-hybridized carbons (Fsp3) is 0.0213. The van der Waals surface area contributed by atoms with Crippen molar-refractivity contribution in [2.24, 2.45) is 0 Å². The SMILES string of the molecule is c1ccc2c(c1)-c1ccc(N(c3ccc4ccccc4c3)c3ccc4ccccc4c3)cc1C21c2ccccc2-c2sc3ccccc3c21. The van der Waals surface area contributed by atoms with Crippen molar-refractivity contribution in [3.8, 4) is 21.6 Å². The Morgan fingerprint density at radius 1 is 0.388 bits per heavy atom. The molecular formula is C47H29NS. The van der Waals surface area contributed by atoms with E-state index < -0.39 is 5.41 Å². The van der Waals surface area contributed by atoms with Crippen LogP contribution >= 0.6 is 11.3 Å². The third-order valence-electron chi connectivity index (χ3n) is 10.8. The second kappa shape index (κ2) is 10.0. The number of nitrogens with zero attached hydrogens (tertiary/aromatic N) is 1. The monoisotopic (exact) mass is 639 g/mol. The van der Waals surface area contributed by atoms with Gasteiger partial charge in [0.1, 0.15) is 0 Å². The van der Waals surface area contributed by atoms with E-state index in [0.29, 0.717) is 0 Å². The Morgan fingerprint density at radius 3 is 1.61 bits per heavy atom. The van der Waals surface area contributed by atoms with Crippen LogP contribution in [0, 0.1) is 0 Å². The van der Waals surface area contributed by atoms with Gasteiger partial charge < -0.3 is 4.90 Å². The molecule has 0 N–H and O–H groups in total. The van der Waals surface area contributed by atoms with Crippen LogP contribution in [0.25, 0.3) is 53.2 Å². The van der Waals surface area contributed by atoms with Gasteiger partial charge in [-0.25, -0.2) is 0 Å². The quantitative estimate of drug-likeness (QED) is 0.186. The van der Waals surface area contributed by atoms with Crippen LogP contribution in [0.15, 0.2) is 176 Å². The molecule has 1 heterocycles. The summed E-state index contributed by atoms with van der Waals surface area (Å²) in [6, 6.07) is 65.4. The van der Waals surface area contributed by atoms with E-state index in [1.807, 2.05) is 11.3 Å². The maximum Gasteiger partial charge on any atom is 0.0740 e. The van der Waals surface area contributed by atoms with Gasteiger partial charge in [0.25, 0.3) is 0 Å². The van der Waals surface area contributed by atoms with Crippen LogP contribution in [-0.2, 0) is 5.41 Å². The van der Waals surface area contributed by atoms with Gasteiger partial charge in [0.15, 0.2) is 0 Å². The molecular weight excluding hydrogens is 611 g/mol. The highest BCUT2D eigenvalue weighted by Crippen LogP contribution is 2.66. The van der Waals surface area contributed by atoms with E-state index in [0.717, 1.165) is 17.1 Å². The summed E-state index contributed by atoms with van der Waals surface area (Å²) >= 11 is 1.94. The molecule has 1 nitrogen and oxygen atoms in total. The number of benzene rings is 8. The molecule has 8 aromatic carbocycles. The average molecular weight is 640 g/mol. The van der Waals surface area contributed by atoms with Gasteiger partial charge in [-0.2, -0.15) is 0 Å². The van der Waals surface area contributed by atoms with Crippen molar-refractivity contribution >= 4 is 60.0 Å². The number of anilines is 3. The largest absolute Gasteiger partial charge is 0.310 e. The molecule has 2 heteroatoms. The maximum absolute atomic E-state index is 2.50. The number of rotatable bonds is 3. The first-order chi connectivity index (χ1) is 24.3. The van der Waals surface area contributed by atoms with Gasteiger partial charge in [0, 0.05) is 26.6 Å². The summed E-state index contributed by atoms with van der Waals surface area (Å²) in [5, 5.41) is 6.30. The Morgan fingerprint density at radius 2 is 0.898 bits per heavy atom. The molecule has 228 valence electrons. The minimum absolute atomic E-state index is 0.411. The van der Waals surface area contributed by atoms with Crippen LogP contribution in [0.5, 0.6) is 0 Å². The van der Waals surface area contributed by atoms with Crippen LogP contribution in [0.3, 0.4) is 0 Å². The van der Waals surface area contributed by atoms with Gasteiger partial charge in [0.05, 0.1) is 5.41 Å². The molecule has 0 saturated carbocycles. The molecule has 9 aromatic rings. The molecule has 2 aliphatic rings. The van der Waals surface area contributed by atoms with E-state index in [9.17, 15) is 0 Å². The summed E-state index contributed by atoms with van der Waals surface area (Å²) < 4.78 is 1.34. The average Bonchev–Trinajstić information content (AvgIpc) is 3.78. The predicted octanol–water partition coefficient (Wildman–Crippen LogP) is 13.0. The first-order valence-corrected chi connectivity index (χ1v) is 17.7. The standard InChI is InChI=1S/C47H29NS/c1-3-13-32-27-34(23-21-30(32)11-1)48(35-24-22-31-12-2-4-14-33(31)28-35)36-25-26-38-37-15-5-8-18-41(37)47(43(38)29-36)42-19-9-6-16-39(42)46-45(47)40-17-7-10-20-44(40)49-46/h1-29H. The zero-order valence-corrected chi connectivity index (χ0v) is 27.4. The van der Waals surface area contributed by atoms with E-state index in [1.165, 1.54) is 75.5 Å². The topological polar surface area (TPSA) is 3.24 Å². The van der Waals surface area contributed by atoms with E-state index in [1.54, 1.807) is 0 Å². The molecule has 2 aliphatic carbocycles. The molecule has 0 aliphatic heterocycles. The van der Waals surface area contributed by atoms with Gasteiger partial charge in [-0.15, -0.1) is 11.3 Å². The summed E-state index contributed by atoms with van der Waals surface area (Å²) in [4.78, 5) is 3.84. The molecule has 0 saturated heterocycles. The van der Waals surface area contributed by atoms with E-state index in [4.69, 9.17) is 0 Å². The smallest absolute Gasteiger partial charge is 0.0740 e. The summed E-state index contributed by atoms with van der Waals surface area (Å²) in [6.07, 6.45) is 0. The van der Waals surface area contributed by atoms with Crippen LogP contribution in [0.1, 0.15) is 22.3 Å². The summed E-state index contributed by atoms with van der Waals surface area (Å²) in [6.45, 7) is 0. The number of hydrogen-bond acceptors (Lipinski definition) is 2. The van der Waals surface area contributed by atoms with E-state index in [-0.39, 0.29) is 0 Å². The van der Waals surface area contributed by atoms with Crippen LogP contribution < -0.4 is 4.90 Å². The van der Waals surface area contributed by atoms with Crippen molar-refractivity contribution < 1.29 is 0 Å². The highest BCUT2D eigenvalue weighted by molar-refractivity contribution is 7.22. The molecule has 1 atom stereocenters. The third-order valence-corrected chi connectivity index (χ3v) is 12.0. The lowest BCUT2D eigenvalue weighted by molar-refractivity contribution is 0.802. The fourth-order valence-corrected chi connectivity index (χ4v) is 10.1. The number of thiophene rings is 1. The minimum atomic E-state index is -0.411. The normalized spacial score (nSPS) is 15.4. The Kier molecular flexibility index (Phi) is 5.53. The van der Waals surface area contributed by atoms with Crippen molar-refractivity contribution in [3.05, 3.63) is 198 Å². The minimum Gasteiger partial charge on any atom is -0.310 e. The predicted molar refractivity (Wildman–Crippen MR) is 208 cm³/mol. The Hall–Kier alpha value is -5.96. The Balaban J connectivity index is 1.23. The van der Waals surface area contributed by atoms with Crippen molar-refractivity contribution in [1.29, 1.82) is 0 Å². The van der Waals surface area contributed by atoms with Gasteiger partial charge in [-0.3, -0.25) is 0 Å². The lowest BCUT2D eigenvalue weighted by atomic mass is 9.70. The maximum atomic E-state index is 2.50. The van der Waals surface area contributed by atoms with Gasteiger partial charge in [-0.1, -0.05) is 133 Å². The summed E-state index contributed by atoms with van der Waals surface area (Å²) in [7, 11) is 0. The van der Waals surface area contributed by atoms with Gasteiger partial charge in [-0.05, 0) is 108 Å². The van der Waals surface area contributed by atoms with Crippen molar-refractivity contribution in [2.75, 3.05) is 4.90 Å². The number of fused-ring (bicyclic) bond motifs is 14. The van der Waals surface area contributed by atoms with Crippen molar-refractivity contribution in [3.63, 3.8) is 0 Å². The van der Waals surface area contributed by atoms with Crippen LogP contribution in [0.4, 0.5) is 17.1 Å². The van der Waals surface area contributed by atoms with E-state index >= 15 is 0 Å². The van der Waals surface area contributed by atoms with Crippen molar-refractivity contribution in [1.82, 2.24) is 0 Å². The van der Waals surface area contributed by atoms with Gasteiger partial charge >= 0.3 is 0 Å². The lowest BCUT2D eigenvalue weighted by Gasteiger charge is -2.32. The van der Waals surface area contributed by atoms with E-state index in [2.05, 4.69) is 181 Å². The highest BCUT2D eigenvalue weighted by atomic mass is 32.1. The Bertz CT molecular complexity index is 2730. The molecule has 1 unspecified atom stereocenters. The first-order valence-electron chi connectivity index (χ1n) is 16.9. The first kappa shape index (κ1) is 27.0. The zero-order chi connectivity index (χ0) is 32.1. The summed E-state index contributed by atoms with van der Waals surface area (Å²) in [5.74, 6) is 0. The second-order valence-electron chi connectivity index (χ2n) is 13.3. The molecule has 0 fully saturated rings. The molecule has 49 heavy (non-hydrogen) atoms. The molecule has 0 amide bonds. The third kappa shape index (κ3) is 3.64. The summed E-state index contributed by atoms with van der Waals surface area (Å²) in [5.41, 5.74) is 12.6. The second-order valence-corrected chi connectivity index (χ2v) is 14.3. The molecule has 1 spiro atoms.